The van der Waals surface area contributed by atoms with Crippen LogP contribution < -0.4 is 20.9 Å². The van der Waals surface area contributed by atoms with Gasteiger partial charge in [-0.05, 0) is 37.1 Å². The number of anilines is 2. The van der Waals surface area contributed by atoms with Crippen LogP contribution in [-0.4, -0.2) is 49.6 Å². The average Bonchev–Trinajstić information content (AvgIpc) is 3.33. The second-order valence-corrected chi connectivity index (χ2v) is 8.68. The standard InChI is InChI=1S/C25H29F3N4O4/c1-13(15-8-16(25(26,27)28)10-17(29)9-15)21-22-19(31-14(2)32-24(22)30)11-20(33-3)23(21)36-7-6-35-18-4-5-34-12-18/h8-11,13,18H,4-7,12,29H2,1-3H3,(H2,30,31,32)/t13?,18-/m1/s1. The Kier molecular flexibility index (Phi) is 7.41. The summed E-state index contributed by atoms with van der Waals surface area (Å²) in [6.45, 7) is 5.11. The molecule has 1 unspecified atom stereocenters. The zero-order valence-electron chi connectivity index (χ0n) is 20.3. The number of nitrogens with zero attached hydrogens (tertiary/aromatic N) is 2. The molecule has 4 N–H and O–H groups in total. The second-order valence-electron chi connectivity index (χ2n) is 8.68. The first kappa shape index (κ1) is 25.8. The Morgan fingerprint density at radius 3 is 2.58 bits per heavy atom. The maximum atomic E-state index is 13.5. The first-order valence-corrected chi connectivity index (χ1v) is 11.5. The molecule has 0 bridgehead atoms. The fraction of sp³-hybridized carbons (Fsp3) is 0.440. The van der Waals surface area contributed by atoms with E-state index in [4.69, 9.17) is 30.4 Å². The summed E-state index contributed by atoms with van der Waals surface area (Å²) < 4.78 is 63.5. The van der Waals surface area contributed by atoms with Gasteiger partial charge in [0.2, 0.25) is 0 Å². The van der Waals surface area contributed by atoms with Gasteiger partial charge >= 0.3 is 6.18 Å². The summed E-state index contributed by atoms with van der Waals surface area (Å²) in [4.78, 5) is 8.76. The van der Waals surface area contributed by atoms with E-state index in [0.29, 0.717) is 59.2 Å². The van der Waals surface area contributed by atoms with Gasteiger partial charge in [-0.1, -0.05) is 6.92 Å². The normalized spacial score (nSPS) is 16.9. The molecular weight excluding hydrogens is 477 g/mol. The van der Waals surface area contributed by atoms with E-state index in [1.54, 1.807) is 19.9 Å². The summed E-state index contributed by atoms with van der Waals surface area (Å²) in [6, 6.07) is 5.16. The number of methoxy groups -OCH3 is 1. The van der Waals surface area contributed by atoms with Crippen LogP contribution in [0.5, 0.6) is 11.5 Å². The molecule has 2 heterocycles. The number of hydrogen-bond acceptors (Lipinski definition) is 8. The molecule has 4 rings (SSSR count). The van der Waals surface area contributed by atoms with Gasteiger partial charge in [-0.3, -0.25) is 0 Å². The Labute approximate surface area is 206 Å². The molecule has 0 spiro atoms. The van der Waals surface area contributed by atoms with E-state index in [2.05, 4.69) is 9.97 Å². The van der Waals surface area contributed by atoms with Crippen LogP contribution in [0.4, 0.5) is 24.7 Å². The number of benzene rings is 2. The van der Waals surface area contributed by atoms with E-state index in [1.807, 2.05) is 0 Å². The first-order valence-electron chi connectivity index (χ1n) is 11.5. The van der Waals surface area contributed by atoms with Crippen LogP contribution in [0.2, 0.25) is 0 Å². The number of rotatable bonds is 8. The molecule has 194 valence electrons. The predicted octanol–water partition coefficient (Wildman–Crippen LogP) is 4.47. The number of hydrogen-bond donors (Lipinski definition) is 2. The van der Waals surface area contributed by atoms with Crippen molar-refractivity contribution >= 4 is 22.4 Å². The van der Waals surface area contributed by atoms with Crippen LogP contribution in [-0.2, 0) is 15.7 Å². The smallest absolute Gasteiger partial charge is 0.416 e. The lowest BCUT2D eigenvalue weighted by Crippen LogP contribution is -2.18. The monoisotopic (exact) mass is 506 g/mol. The van der Waals surface area contributed by atoms with Crippen molar-refractivity contribution in [3.63, 3.8) is 0 Å². The lowest BCUT2D eigenvalue weighted by Gasteiger charge is -2.23. The van der Waals surface area contributed by atoms with Crippen molar-refractivity contribution in [2.24, 2.45) is 0 Å². The molecule has 1 aromatic heterocycles. The van der Waals surface area contributed by atoms with Crippen LogP contribution in [0.1, 0.15) is 41.8 Å². The fourth-order valence-corrected chi connectivity index (χ4v) is 4.41. The molecule has 11 heteroatoms. The zero-order valence-corrected chi connectivity index (χ0v) is 20.3. The molecule has 2 aromatic carbocycles. The largest absolute Gasteiger partial charge is 0.493 e. The highest BCUT2D eigenvalue weighted by Crippen LogP contribution is 2.46. The molecule has 8 nitrogen and oxygen atoms in total. The number of nitrogen functional groups attached to an aromatic ring is 2. The molecule has 2 atom stereocenters. The van der Waals surface area contributed by atoms with Crippen LogP contribution in [0, 0.1) is 6.92 Å². The van der Waals surface area contributed by atoms with Gasteiger partial charge in [0.05, 0.1) is 42.9 Å². The molecule has 0 saturated carbocycles. The van der Waals surface area contributed by atoms with Crippen molar-refractivity contribution in [2.75, 3.05) is 45.0 Å². The second kappa shape index (κ2) is 10.4. The number of nitrogens with two attached hydrogens (primary N) is 2. The van der Waals surface area contributed by atoms with Gasteiger partial charge in [-0.15, -0.1) is 0 Å². The fourth-order valence-electron chi connectivity index (χ4n) is 4.41. The third-order valence-corrected chi connectivity index (χ3v) is 6.11. The number of aryl methyl sites for hydroxylation is 1. The molecule has 0 radical (unpaired) electrons. The minimum absolute atomic E-state index is 0.00518. The van der Waals surface area contributed by atoms with Gasteiger partial charge in [-0.25, -0.2) is 9.97 Å². The molecule has 1 fully saturated rings. The number of ether oxygens (including phenoxy) is 4. The maximum absolute atomic E-state index is 13.5. The van der Waals surface area contributed by atoms with Crippen LogP contribution in [0.25, 0.3) is 10.9 Å². The van der Waals surface area contributed by atoms with Crippen molar-refractivity contribution in [1.82, 2.24) is 9.97 Å². The highest BCUT2D eigenvalue weighted by atomic mass is 19.4. The summed E-state index contributed by atoms with van der Waals surface area (Å²) >= 11 is 0. The highest BCUT2D eigenvalue weighted by Gasteiger charge is 2.32. The van der Waals surface area contributed by atoms with E-state index in [-0.39, 0.29) is 24.2 Å². The minimum atomic E-state index is -4.56. The Morgan fingerprint density at radius 1 is 1.14 bits per heavy atom. The molecule has 1 aliphatic rings. The quantitative estimate of drug-likeness (QED) is 0.340. The maximum Gasteiger partial charge on any atom is 0.416 e. The molecule has 1 saturated heterocycles. The number of fused-ring (bicyclic) bond motifs is 1. The average molecular weight is 507 g/mol. The molecular formula is C25H29F3N4O4. The third-order valence-electron chi connectivity index (χ3n) is 6.11. The van der Waals surface area contributed by atoms with Crippen LogP contribution >= 0.6 is 0 Å². The van der Waals surface area contributed by atoms with E-state index in [0.717, 1.165) is 18.6 Å². The van der Waals surface area contributed by atoms with E-state index in [9.17, 15) is 13.2 Å². The summed E-state index contributed by atoms with van der Waals surface area (Å²) in [5.74, 6) is 0.709. The van der Waals surface area contributed by atoms with Gasteiger partial charge in [0.15, 0.2) is 11.5 Å². The summed E-state index contributed by atoms with van der Waals surface area (Å²) in [5.41, 5.74) is 12.6. The van der Waals surface area contributed by atoms with Crippen molar-refractivity contribution in [3.8, 4) is 11.5 Å². The SMILES string of the molecule is COc1cc2nc(C)nc(N)c2c(C(C)c2cc(N)cc(C(F)(F)F)c2)c1OCCO[C@@H]1CCOC1. The lowest BCUT2D eigenvalue weighted by molar-refractivity contribution is -0.137. The highest BCUT2D eigenvalue weighted by molar-refractivity contribution is 5.95. The van der Waals surface area contributed by atoms with E-state index in [1.165, 1.54) is 13.2 Å². The van der Waals surface area contributed by atoms with Crippen molar-refractivity contribution in [1.29, 1.82) is 0 Å². The van der Waals surface area contributed by atoms with E-state index >= 15 is 0 Å². The van der Waals surface area contributed by atoms with Gasteiger partial charge in [0, 0.05) is 29.8 Å². The summed E-state index contributed by atoms with van der Waals surface area (Å²) in [7, 11) is 1.48. The Bertz CT molecular complexity index is 1250. The lowest BCUT2D eigenvalue weighted by atomic mass is 9.88. The van der Waals surface area contributed by atoms with Crippen molar-refractivity contribution in [3.05, 3.63) is 46.8 Å². The van der Waals surface area contributed by atoms with Gasteiger partial charge in [0.25, 0.3) is 0 Å². The van der Waals surface area contributed by atoms with Crippen molar-refractivity contribution < 1.29 is 32.1 Å². The summed E-state index contributed by atoms with van der Waals surface area (Å²) in [5, 5.41) is 0.477. The molecule has 1 aliphatic heterocycles. The molecule has 36 heavy (non-hydrogen) atoms. The van der Waals surface area contributed by atoms with Crippen LogP contribution in [0.3, 0.4) is 0 Å². The third kappa shape index (κ3) is 5.41. The molecule has 0 amide bonds. The number of alkyl halides is 3. The zero-order chi connectivity index (χ0) is 26.0. The minimum Gasteiger partial charge on any atom is -0.493 e. The van der Waals surface area contributed by atoms with Gasteiger partial charge in [-0.2, -0.15) is 13.2 Å². The van der Waals surface area contributed by atoms with Crippen molar-refractivity contribution in [2.45, 2.75) is 38.5 Å². The molecule has 3 aromatic rings. The Hall–Kier alpha value is -3.31. The molecule has 0 aliphatic carbocycles. The summed E-state index contributed by atoms with van der Waals surface area (Å²) in [6.07, 6.45) is -3.74. The van der Waals surface area contributed by atoms with Crippen LogP contribution in [0.15, 0.2) is 24.3 Å². The van der Waals surface area contributed by atoms with E-state index < -0.39 is 17.7 Å². The Morgan fingerprint density at radius 2 is 1.92 bits per heavy atom. The first-order chi connectivity index (χ1) is 17.1. The van der Waals surface area contributed by atoms with Gasteiger partial charge < -0.3 is 30.4 Å². The number of aromatic nitrogens is 2. The van der Waals surface area contributed by atoms with Gasteiger partial charge in [0.1, 0.15) is 18.2 Å². The Balaban J connectivity index is 1.81. The predicted molar refractivity (Wildman–Crippen MR) is 129 cm³/mol. The number of halogens is 3. The topological polar surface area (TPSA) is 115 Å².